The van der Waals surface area contributed by atoms with Crippen molar-refractivity contribution in [1.29, 1.82) is 0 Å². The Morgan fingerprint density at radius 2 is 1.11 bits per heavy atom. The number of hydrogen-bond acceptors (Lipinski definition) is 2. The number of aliphatic imine (C=N–C) groups is 2. The lowest BCUT2D eigenvalue weighted by Crippen LogP contribution is -2.12. The van der Waals surface area contributed by atoms with Gasteiger partial charge in [0.1, 0.15) is 11.7 Å². The molecule has 174 valence electrons. The second kappa shape index (κ2) is 9.85. The van der Waals surface area contributed by atoms with Crippen LogP contribution in [0.3, 0.4) is 0 Å². The Bertz CT molecular complexity index is 1420. The SMILES string of the molecule is CCCCn1c2ccc(C(N)=Nc3ccccc3)cc2c2cc(C(N)=Nc3ccccc3)ccc21. The topological polar surface area (TPSA) is 81.7 Å². The monoisotopic (exact) mass is 459 g/mol. The van der Waals surface area contributed by atoms with Gasteiger partial charge in [-0.3, -0.25) is 0 Å². The van der Waals surface area contributed by atoms with Crippen LogP contribution in [0.15, 0.2) is 107 Å². The highest BCUT2D eigenvalue weighted by Crippen LogP contribution is 2.31. The summed E-state index contributed by atoms with van der Waals surface area (Å²) >= 11 is 0. The molecule has 0 atom stereocenters. The number of hydrogen-bond donors (Lipinski definition) is 2. The van der Waals surface area contributed by atoms with Crippen LogP contribution in [0, 0.1) is 0 Å². The van der Waals surface area contributed by atoms with E-state index in [0.29, 0.717) is 11.7 Å². The van der Waals surface area contributed by atoms with Crippen LogP contribution in [-0.4, -0.2) is 16.2 Å². The summed E-state index contributed by atoms with van der Waals surface area (Å²) in [7, 11) is 0. The second-order valence-electron chi connectivity index (χ2n) is 8.63. The lowest BCUT2D eigenvalue weighted by Gasteiger charge is -2.07. The predicted molar refractivity (Wildman–Crippen MR) is 148 cm³/mol. The molecule has 5 heteroatoms. The summed E-state index contributed by atoms with van der Waals surface area (Å²) < 4.78 is 2.39. The molecule has 0 amide bonds. The molecule has 1 aromatic heterocycles. The number of fused-ring (bicyclic) bond motifs is 3. The van der Waals surface area contributed by atoms with Crippen LogP contribution in [0.5, 0.6) is 0 Å². The van der Waals surface area contributed by atoms with E-state index in [0.717, 1.165) is 52.7 Å². The van der Waals surface area contributed by atoms with Gasteiger partial charge < -0.3 is 16.0 Å². The van der Waals surface area contributed by atoms with Gasteiger partial charge >= 0.3 is 0 Å². The molecule has 1 heterocycles. The van der Waals surface area contributed by atoms with Crippen LogP contribution in [0.2, 0.25) is 0 Å². The van der Waals surface area contributed by atoms with Crippen molar-refractivity contribution in [3.8, 4) is 0 Å². The third kappa shape index (κ3) is 4.66. The molecule has 5 aromatic rings. The van der Waals surface area contributed by atoms with Crippen molar-refractivity contribution in [3.63, 3.8) is 0 Å². The van der Waals surface area contributed by atoms with E-state index in [1.165, 1.54) is 11.0 Å². The van der Waals surface area contributed by atoms with E-state index >= 15 is 0 Å². The highest BCUT2D eigenvalue weighted by molar-refractivity contribution is 6.13. The summed E-state index contributed by atoms with van der Waals surface area (Å²) in [6.07, 6.45) is 2.24. The number of para-hydroxylation sites is 2. The summed E-state index contributed by atoms with van der Waals surface area (Å²) in [4.78, 5) is 9.23. The molecule has 0 radical (unpaired) electrons. The fraction of sp³-hybridized carbons (Fsp3) is 0.133. The molecule has 5 rings (SSSR count). The van der Waals surface area contributed by atoms with E-state index in [2.05, 4.69) is 57.9 Å². The average molecular weight is 460 g/mol. The highest BCUT2D eigenvalue weighted by atomic mass is 15.0. The maximum Gasteiger partial charge on any atom is 0.131 e. The zero-order valence-corrected chi connectivity index (χ0v) is 19.9. The van der Waals surface area contributed by atoms with Crippen molar-refractivity contribution >= 4 is 44.9 Å². The molecule has 0 bridgehead atoms. The number of amidine groups is 2. The Balaban J connectivity index is 1.64. The zero-order chi connectivity index (χ0) is 24.2. The van der Waals surface area contributed by atoms with Crippen molar-refractivity contribution in [2.45, 2.75) is 26.3 Å². The molecule has 0 fully saturated rings. The standard InChI is InChI=1S/C30H29N5/c1-2-3-18-35-27-16-14-21(29(31)33-23-10-6-4-7-11-23)19-25(27)26-20-22(15-17-28(26)35)30(32)34-24-12-8-5-9-13-24/h4-17,19-20H,2-3,18H2,1H3,(H2,31,33)(H2,32,34). The van der Waals surface area contributed by atoms with Gasteiger partial charge in [0.15, 0.2) is 0 Å². The number of nitrogens with two attached hydrogens (primary N) is 2. The summed E-state index contributed by atoms with van der Waals surface area (Å²) in [5.74, 6) is 0.989. The quantitative estimate of drug-likeness (QED) is 0.210. The maximum absolute atomic E-state index is 6.42. The van der Waals surface area contributed by atoms with Gasteiger partial charge in [0, 0.05) is 39.5 Å². The first-order chi connectivity index (χ1) is 17.1. The van der Waals surface area contributed by atoms with E-state index in [-0.39, 0.29) is 0 Å². The summed E-state index contributed by atoms with van der Waals surface area (Å²) in [5, 5.41) is 2.27. The van der Waals surface area contributed by atoms with Gasteiger partial charge in [-0.05, 0) is 67.1 Å². The van der Waals surface area contributed by atoms with Crippen molar-refractivity contribution in [1.82, 2.24) is 4.57 Å². The number of nitrogens with zero attached hydrogens (tertiary/aromatic N) is 3. The van der Waals surface area contributed by atoms with Gasteiger partial charge in [-0.2, -0.15) is 0 Å². The van der Waals surface area contributed by atoms with Gasteiger partial charge in [0.05, 0.1) is 11.4 Å². The van der Waals surface area contributed by atoms with Crippen LogP contribution in [0.1, 0.15) is 30.9 Å². The molecule has 0 unspecified atom stereocenters. The number of rotatable bonds is 7. The summed E-state index contributed by atoms with van der Waals surface area (Å²) in [5.41, 5.74) is 18.7. The molecule has 0 saturated heterocycles. The number of benzene rings is 4. The first-order valence-electron chi connectivity index (χ1n) is 12.0. The lowest BCUT2D eigenvalue weighted by molar-refractivity contribution is 0.665. The van der Waals surface area contributed by atoms with Gasteiger partial charge in [0.2, 0.25) is 0 Å². The molecule has 0 aliphatic rings. The van der Waals surface area contributed by atoms with Gasteiger partial charge in [0.25, 0.3) is 0 Å². The first kappa shape index (κ1) is 22.4. The molecule has 0 aliphatic heterocycles. The van der Waals surface area contributed by atoms with Crippen molar-refractivity contribution in [3.05, 3.63) is 108 Å². The molecule has 5 nitrogen and oxygen atoms in total. The van der Waals surface area contributed by atoms with E-state index in [1.807, 2.05) is 60.7 Å². The minimum atomic E-state index is 0.494. The molecule has 0 aliphatic carbocycles. The number of unbranched alkanes of at least 4 members (excludes halogenated alkanes) is 1. The Hall–Kier alpha value is -4.38. The smallest absolute Gasteiger partial charge is 0.131 e. The first-order valence-corrected chi connectivity index (χ1v) is 12.0. The van der Waals surface area contributed by atoms with Gasteiger partial charge in [-0.25, -0.2) is 9.98 Å². The Kier molecular flexibility index (Phi) is 6.31. The van der Waals surface area contributed by atoms with Crippen molar-refractivity contribution < 1.29 is 0 Å². The molecule has 35 heavy (non-hydrogen) atoms. The minimum absolute atomic E-state index is 0.494. The van der Waals surface area contributed by atoms with Crippen LogP contribution in [0.25, 0.3) is 21.8 Å². The second-order valence-corrected chi connectivity index (χ2v) is 8.63. The van der Waals surface area contributed by atoms with Gasteiger partial charge in [-0.1, -0.05) is 49.7 Å². The van der Waals surface area contributed by atoms with Gasteiger partial charge in [-0.15, -0.1) is 0 Å². The zero-order valence-electron chi connectivity index (χ0n) is 19.9. The Morgan fingerprint density at radius 1 is 0.657 bits per heavy atom. The van der Waals surface area contributed by atoms with E-state index in [9.17, 15) is 0 Å². The maximum atomic E-state index is 6.42. The molecular weight excluding hydrogens is 430 g/mol. The molecular formula is C30H29N5. The van der Waals surface area contributed by atoms with Crippen LogP contribution >= 0.6 is 0 Å². The molecule has 4 aromatic carbocycles. The summed E-state index contributed by atoms with van der Waals surface area (Å²) in [6.45, 7) is 3.17. The fourth-order valence-electron chi connectivity index (χ4n) is 4.39. The van der Waals surface area contributed by atoms with Crippen LogP contribution < -0.4 is 11.5 Å². The third-order valence-corrected chi connectivity index (χ3v) is 6.20. The minimum Gasteiger partial charge on any atom is -0.383 e. The normalized spacial score (nSPS) is 12.5. The molecule has 0 saturated carbocycles. The Morgan fingerprint density at radius 3 is 1.54 bits per heavy atom. The average Bonchev–Trinajstić information content (AvgIpc) is 3.20. The largest absolute Gasteiger partial charge is 0.383 e. The highest BCUT2D eigenvalue weighted by Gasteiger charge is 2.14. The number of aryl methyl sites for hydroxylation is 1. The van der Waals surface area contributed by atoms with Crippen LogP contribution in [0.4, 0.5) is 11.4 Å². The lowest BCUT2D eigenvalue weighted by atomic mass is 10.1. The number of aromatic nitrogens is 1. The third-order valence-electron chi connectivity index (χ3n) is 6.20. The van der Waals surface area contributed by atoms with Crippen molar-refractivity contribution in [2.75, 3.05) is 0 Å². The predicted octanol–water partition coefficient (Wildman–Crippen LogP) is 6.67. The Labute approximate surface area is 205 Å². The molecule has 4 N–H and O–H groups in total. The van der Waals surface area contributed by atoms with Crippen LogP contribution in [-0.2, 0) is 6.54 Å². The summed E-state index contributed by atoms with van der Waals surface area (Å²) in [6, 6.07) is 32.2. The van der Waals surface area contributed by atoms with Crippen molar-refractivity contribution in [2.24, 2.45) is 21.5 Å². The molecule has 0 spiro atoms. The van der Waals surface area contributed by atoms with E-state index in [1.54, 1.807) is 0 Å². The fourth-order valence-corrected chi connectivity index (χ4v) is 4.39. The van der Waals surface area contributed by atoms with E-state index in [4.69, 9.17) is 11.5 Å². The van der Waals surface area contributed by atoms with E-state index < -0.39 is 0 Å².